The molecule has 2 aliphatic rings. The Morgan fingerprint density at radius 2 is 1.76 bits per heavy atom. The minimum absolute atomic E-state index is 0.000824. The minimum atomic E-state index is -1.16. The summed E-state index contributed by atoms with van der Waals surface area (Å²) in [6, 6.07) is 2.73. The highest BCUT2D eigenvalue weighted by Crippen LogP contribution is 2.55. The lowest BCUT2D eigenvalue weighted by Crippen LogP contribution is -2.18. The maximum Gasteiger partial charge on any atom is 0.337 e. The van der Waals surface area contributed by atoms with Gasteiger partial charge in [-0.1, -0.05) is 36.0 Å². The predicted molar refractivity (Wildman–Crippen MR) is 81.0 cm³/mol. The van der Waals surface area contributed by atoms with Crippen LogP contribution in [-0.4, -0.2) is 17.0 Å². The van der Waals surface area contributed by atoms with E-state index < -0.39 is 5.97 Å². The summed E-state index contributed by atoms with van der Waals surface area (Å²) < 4.78 is 0. The molecule has 2 N–H and O–H groups in total. The van der Waals surface area contributed by atoms with Crippen LogP contribution in [0.4, 0.5) is 5.69 Å². The molecule has 0 radical (unpaired) electrons. The van der Waals surface area contributed by atoms with Gasteiger partial charge in [-0.05, 0) is 36.8 Å². The molecule has 6 heteroatoms. The van der Waals surface area contributed by atoms with Crippen molar-refractivity contribution in [2.45, 2.75) is 25.7 Å². The number of anilines is 1. The Morgan fingerprint density at radius 3 is 2.33 bits per heavy atom. The molecule has 2 unspecified atom stereocenters. The number of nitrogens with one attached hydrogen (secondary N) is 1. The standard InChI is InChI=1S/C15H15Cl2NO3/c16-7-5-10(15(20)21)13(11(17)6-7)18-14(19)12-8-3-1-2-4-9(8)12/h5-6,8-9,12H,1-4H2,(H,18,19)(H,20,21). The average Bonchev–Trinajstić information content (AvgIpc) is 3.15. The number of aromatic carboxylic acids is 1. The molecule has 2 fully saturated rings. The van der Waals surface area contributed by atoms with Gasteiger partial charge < -0.3 is 10.4 Å². The maximum absolute atomic E-state index is 12.4. The van der Waals surface area contributed by atoms with E-state index in [4.69, 9.17) is 23.2 Å². The molecule has 2 saturated carbocycles. The second-order valence-corrected chi connectivity index (χ2v) is 6.59. The van der Waals surface area contributed by atoms with E-state index in [2.05, 4.69) is 5.32 Å². The third kappa shape index (κ3) is 2.74. The number of carbonyl (C=O) groups excluding carboxylic acids is 1. The van der Waals surface area contributed by atoms with Gasteiger partial charge in [-0.2, -0.15) is 0 Å². The lowest BCUT2D eigenvalue weighted by molar-refractivity contribution is -0.117. The molecule has 0 spiro atoms. The highest BCUT2D eigenvalue weighted by molar-refractivity contribution is 6.37. The molecule has 0 bridgehead atoms. The number of carboxylic acid groups (broad SMARTS) is 1. The zero-order valence-electron chi connectivity index (χ0n) is 11.2. The van der Waals surface area contributed by atoms with Gasteiger partial charge in [-0.25, -0.2) is 4.79 Å². The van der Waals surface area contributed by atoms with Crippen LogP contribution in [-0.2, 0) is 4.79 Å². The zero-order valence-corrected chi connectivity index (χ0v) is 12.7. The fourth-order valence-corrected chi connectivity index (χ4v) is 4.00. The smallest absolute Gasteiger partial charge is 0.337 e. The number of carbonyl (C=O) groups is 2. The zero-order chi connectivity index (χ0) is 15.1. The summed E-state index contributed by atoms with van der Waals surface area (Å²) in [6.07, 6.45) is 4.52. The number of halogens is 2. The third-order valence-electron chi connectivity index (χ3n) is 4.49. The minimum Gasteiger partial charge on any atom is -0.478 e. The quantitative estimate of drug-likeness (QED) is 0.879. The molecule has 0 aromatic heterocycles. The lowest BCUT2D eigenvalue weighted by Gasteiger charge is -2.11. The van der Waals surface area contributed by atoms with Gasteiger partial charge in [0, 0.05) is 10.9 Å². The Bertz CT molecular complexity index is 605. The SMILES string of the molecule is O=C(O)c1cc(Cl)cc(Cl)c1NC(=O)C1C2CCCCC21. The third-order valence-corrected chi connectivity index (χ3v) is 5.01. The summed E-state index contributed by atoms with van der Waals surface area (Å²) in [5.74, 6) is -0.376. The van der Waals surface area contributed by atoms with Crippen molar-refractivity contribution in [1.82, 2.24) is 0 Å². The van der Waals surface area contributed by atoms with Gasteiger partial charge in [0.1, 0.15) is 0 Å². The Morgan fingerprint density at radius 1 is 1.14 bits per heavy atom. The molecule has 2 atom stereocenters. The van der Waals surface area contributed by atoms with Crippen molar-refractivity contribution in [1.29, 1.82) is 0 Å². The van der Waals surface area contributed by atoms with E-state index in [1.165, 1.54) is 25.0 Å². The van der Waals surface area contributed by atoms with E-state index in [9.17, 15) is 14.7 Å². The van der Waals surface area contributed by atoms with Gasteiger partial charge in [-0.15, -0.1) is 0 Å². The predicted octanol–water partition coefficient (Wildman–Crippen LogP) is 4.07. The molecule has 21 heavy (non-hydrogen) atoms. The van der Waals surface area contributed by atoms with Crippen molar-refractivity contribution < 1.29 is 14.7 Å². The molecule has 1 amide bonds. The number of rotatable bonds is 3. The second-order valence-electron chi connectivity index (χ2n) is 5.74. The van der Waals surface area contributed by atoms with E-state index in [0.29, 0.717) is 11.8 Å². The van der Waals surface area contributed by atoms with E-state index in [1.54, 1.807) is 0 Å². The number of carboxylic acids is 1. The Balaban J connectivity index is 1.82. The molecule has 1 aromatic carbocycles. The van der Waals surface area contributed by atoms with Crippen molar-refractivity contribution in [3.63, 3.8) is 0 Å². The number of hydrogen-bond donors (Lipinski definition) is 2. The van der Waals surface area contributed by atoms with Gasteiger partial charge in [0.2, 0.25) is 5.91 Å². The molecule has 3 rings (SSSR count). The highest BCUT2D eigenvalue weighted by Gasteiger charge is 2.54. The summed E-state index contributed by atoms with van der Waals surface area (Å²) in [5.41, 5.74) is 0.0617. The van der Waals surface area contributed by atoms with Crippen molar-refractivity contribution in [2.24, 2.45) is 17.8 Å². The van der Waals surface area contributed by atoms with Gasteiger partial charge >= 0.3 is 5.97 Å². The lowest BCUT2D eigenvalue weighted by atomic mass is 10.0. The van der Waals surface area contributed by atoms with Crippen molar-refractivity contribution >= 4 is 40.8 Å². The van der Waals surface area contributed by atoms with Crippen LogP contribution in [0.1, 0.15) is 36.0 Å². The summed E-state index contributed by atoms with van der Waals surface area (Å²) in [4.78, 5) is 23.6. The van der Waals surface area contributed by atoms with Crippen molar-refractivity contribution in [3.05, 3.63) is 27.7 Å². The second kappa shape index (κ2) is 5.50. The number of amides is 1. The molecule has 0 saturated heterocycles. The molecule has 1 aromatic rings. The molecule has 112 valence electrons. The van der Waals surface area contributed by atoms with E-state index in [0.717, 1.165) is 12.8 Å². The molecule has 0 heterocycles. The first-order valence-corrected chi connectivity index (χ1v) is 7.78. The summed E-state index contributed by atoms with van der Waals surface area (Å²) in [5, 5.41) is 12.3. The number of hydrogen-bond acceptors (Lipinski definition) is 2. The van der Waals surface area contributed by atoms with Crippen LogP contribution in [0, 0.1) is 17.8 Å². The van der Waals surface area contributed by atoms with Crippen LogP contribution in [0.25, 0.3) is 0 Å². The van der Waals surface area contributed by atoms with Crippen LogP contribution in [0.5, 0.6) is 0 Å². The van der Waals surface area contributed by atoms with Crippen molar-refractivity contribution in [2.75, 3.05) is 5.32 Å². The van der Waals surface area contributed by atoms with Crippen LogP contribution in [0.15, 0.2) is 12.1 Å². The fourth-order valence-electron chi connectivity index (χ4n) is 3.46. The average molecular weight is 328 g/mol. The first kappa shape index (κ1) is 14.7. The fraction of sp³-hybridized carbons (Fsp3) is 0.467. The first-order chi connectivity index (χ1) is 9.99. The molecular weight excluding hydrogens is 313 g/mol. The van der Waals surface area contributed by atoms with Crippen molar-refractivity contribution in [3.8, 4) is 0 Å². The molecule has 4 nitrogen and oxygen atoms in total. The largest absolute Gasteiger partial charge is 0.478 e. The first-order valence-electron chi connectivity index (χ1n) is 7.02. The normalized spacial score (nSPS) is 26.9. The molecular formula is C15H15Cl2NO3. The van der Waals surface area contributed by atoms with E-state index in [-0.39, 0.29) is 33.1 Å². The van der Waals surface area contributed by atoms with Gasteiger partial charge in [-0.3, -0.25) is 4.79 Å². The Kier molecular flexibility index (Phi) is 3.84. The summed E-state index contributed by atoms with van der Waals surface area (Å²) in [6.45, 7) is 0. The van der Waals surface area contributed by atoms with Gasteiger partial charge in [0.05, 0.1) is 16.3 Å². The van der Waals surface area contributed by atoms with Crippen LogP contribution in [0.3, 0.4) is 0 Å². The Labute approximate surface area is 132 Å². The summed E-state index contributed by atoms with van der Waals surface area (Å²) >= 11 is 11.9. The van der Waals surface area contributed by atoms with Crippen LogP contribution < -0.4 is 5.32 Å². The van der Waals surface area contributed by atoms with Gasteiger partial charge in [0.25, 0.3) is 0 Å². The highest BCUT2D eigenvalue weighted by atomic mass is 35.5. The monoisotopic (exact) mass is 327 g/mol. The number of benzene rings is 1. The van der Waals surface area contributed by atoms with Gasteiger partial charge in [0.15, 0.2) is 0 Å². The van der Waals surface area contributed by atoms with E-state index in [1.807, 2.05) is 0 Å². The Hall–Kier alpha value is -1.26. The van der Waals surface area contributed by atoms with Crippen LogP contribution in [0.2, 0.25) is 10.0 Å². The molecule has 2 aliphatic carbocycles. The van der Waals surface area contributed by atoms with Crippen LogP contribution >= 0.6 is 23.2 Å². The van der Waals surface area contributed by atoms with E-state index >= 15 is 0 Å². The number of fused-ring (bicyclic) bond motifs is 1. The maximum atomic E-state index is 12.4. The summed E-state index contributed by atoms with van der Waals surface area (Å²) in [7, 11) is 0. The topological polar surface area (TPSA) is 66.4 Å². The molecule has 0 aliphatic heterocycles.